The Bertz CT molecular complexity index is 1020. The van der Waals surface area contributed by atoms with Crippen LogP contribution in [0.15, 0.2) is 60.7 Å². The van der Waals surface area contributed by atoms with Crippen molar-refractivity contribution in [2.75, 3.05) is 0 Å². The molecule has 3 rings (SSSR count). The van der Waals surface area contributed by atoms with Crippen LogP contribution in [0.3, 0.4) is 0 Å². The molecule has 0 aliphatic carbocycles. The molecule has 3 aromatic rings. The molecule has 150 valence electrons. The number of hydrogen-bond donors (Lipinski definition) is 0. The summed E-state index contributed by atoms with van der Waals surface area (Å²) >= 11 is 0. The lowest BCUT2D eigenvalue weighted by atomic mass is 9.97. The van der Waals surface area contributed by atoms with Crippen molar-refractivity contribution in [2.45, 2.75) is 19.5 Å². The van der Waals surface area contributed by atoms with Crippen LogP contribution in [-0.2, 0) is 6.42 Å². The maximum absolute atomic E-state index is 14.6. The molecule has 6 heteroatoms. The molecule has 0 saturated heterocycles. The lowest BCUT2D eigenvalue weighted by molar-refractivity contribution is -0.0790. The zero-order valence-electron chi connectivity index (χ0n) is 15.3. The SMILES string of the molecule is CCc1ccc(-c2ccc(-c3cc(F)c(/C=C/C(F)(F)F)c(F)c3)c(F)c2)cc1. The smallest absolute Gasteiger partial charge is 0.206 e. The van der Waals surface area contributed by atoms with E-state index < -0.39 is 29.2 Å². The second-order valence-electron chi connectivity index (χ2n) is 6.47. The van der Waals surface area contributed by atoms with Crippen molar-refractivity contribution in [3.8, 4) is 22.3 Å². The lowest BCUT2D eigenvalue weighted by Crippen LogP contribution is -2.01. The third-order valence-electron chi connectivity index (χ3n) is 4.49. The van der Waals surface area contributed by atoms with E-state index in [9.17, 15) is 26.3 Å². The Morgan fingerprint density at radius 2 is 1.28 bits per heavy atom. The minimum atomic E-state index is -4.70. The molecule has 0 saturated carbocycles. The first-order valence-corrected chi connectivity index (χ1v) is 8.82. The Hall–Kier alpha value is -3.02. The Balaban J connectivity index is 1.95. The van der Waals surface area contributed by atoms with Gasteiger partial charge in [0.05, 0.1) is 0 Å². The molecule has 0 N–H and O–H groups in total. The highest BCUT2D eigenvalue weighted by Crippen LogP contribution is 2.31. The molecule has 0 spiro atoms. The topological polar surface area (TPSA) is 0 Å². The van der Waals surface area contributed by atoms with Crippen LogP contribution in [0.4, 0.5) is 26.3 Å². The number of hydrogen-bond acceptors (Lipinski definition) is 0. The zero-order valence-corrected chi connectivity index (χ0v) is 15.3. The van der Waals surface area contributed by atoms with E-state index in [0.29, 0.717) is 11.6 Å². The summed E-state index contributed by atoms with van der Waals surface area (Å²) in [5.74, 6) is -3.11. The predicted molar refractivity (Wildman–Crippen MR) is 102 cm³/mol. The Morgan fingerprint density at radius 3 is 1.79 bits per heavy atom. The second kappa shape index (κ2) is 8.15. The van der Waals surface area contributed by atoms with E-state index in [-0.39, 0.29) is 17.2 Å². The first-order chi connectivity index (χ1) is 13.7. The maximum Gasteiger partial charge on any atom is 0.409 e. The highest BCUT2D eigenvalue weighted by atomic mass is 19.4. The summed E-state index contributed by atoms with van der Waals surface area (Å²) in [5.41, 5.74) is 1.53. The van der Waals surface area contributed by atoms with E-state index in [4.69, 9.17) is 0 Å². The Labute approximate surface area is 164 Å². The van der Waals surface area contributed by atoms with E-state index in [0.717, 1.165) is 29.7 Å². The van der Waals surface area contributed by atoms with Gasteiger partial charge in [0.1, 0.15) is 17.5 Å². The van der Waals surface area contributed by atoms with Gasteiger partial charge in [0.2, 0.25) is 0 Å². The fourth-order valence-corrected chi connectivity index (χ4v) is 2.94. The number of aryl methyl sites for hydroxylation is 1. The van der Waals surface area contributed by atoms with Crippen molar-refractivity contribution >= 4 is 6.08 Å². The fourth-order valence-electron chi connectivity index (χ4n) is 2.94. The Kier molecular flexibility index (Phi) is 5.82. The van der Waals surface area contributed by atoms with E-state index in [2.05, 4.69) is 0 Å². The van der Waals surface area contributed by atoms with E-state index in [1.807, 2.05) is 31.2 Å². The highest BCUT2D eigenvalue weighted by Gasteiger charge is 2.23. The molecular weight excluding hydrogens is 390 g/mol. The summed E-state index contributed by atoms with van der Waals surface area (Å²) in [6, 6.07) is 13.5. The van der Waals surface area contributed by atoms with Gasteiger partial charge in [0, 0.05) is 17.2 Å². The molecule has 0 aliphatic rings. The molecule has 0 fully saturated rings. The molecule has 0 aliphatic heterocycles. The van der Waals surface area contributed by atoms with Crippen LogP contribution in [0.25, 0.3) is 28.3 Å². The summed E-state index contributed by atoms with van der Waals surface area (Å²) in [6.07, 6.45) is -3.77. The zero-order chi connectivity index (χ0) is 21.2. The van der Waals surface area contributed by atoms with Crippen LogP contribution < -0.4 is 0 Å². The van der Waals surface area contributed by atoms with Crippen molar-refractivity contribution in [1.82, 2.24) is 0 Å². The third-order valence-corrected chi connectivity index (χ3v) is 4.49. The van der Waals surface area contributed by atoms with Crippen molar-refractivity contribution in [3.63, 3.8) is 0 Å². The van der Waals surface area contributed by atoms with Gasteiger partial charge in [0.25, 0.3) is 0 Å². The summed E-state index contributed by atoms with van der Waals surface area (Å²) in [6.45, 7) is 2.02. The third kappa shape index (κ3) is 4.88. The van der Waals surface area contributed by atoms with Crippen molar-refractivity contribution in [3.05, 3.63) is 89.3 Å². The van der Waals surface area contributed by atoms with Gasteiger partial charge in [-0.15, -0.1) is 0 Å². The maximum atomic E-state index is 14.6. The number of halogens is 6. The molecule has 0 aromatic heterocycles. The van der Waals surface area contributed by atoms with Crippen molar-refractivity contribution in [2.24, 2.45) is 0 Å². The molecule has 0 bridgehead atoms. The number of rotatable bonds is 4. The lowest BCUT2D eigenvalue weighted by Gasteiger charge is -2.10. The van der Waals surface area contributed by atoms with Crippen molar-refractivity contribution in [1.29, 1.82) is 0 Å². The predicted octanol–water partition coefficient (Wildman–Crippen LogP) is 7.58. The first kappa shape index (κ1) is 20.7. The summed E-state index contributed by atoms with van der Waals surface area (Å²) in [4.78, 5) is 0. The van der Waals surface area contributed by atoms with Gasteiger partial charge in [-0.25, -0.2) is 13.2 Å². The number of allylic oxidation sites excluding steroid dienone is 1. The average molecular weight is 406 g/mol. The van der Waals surface area contributed by atoms with Gasteiger partial charge in [-0.05, 0) is 52.9 Å². The number of alkyl halides is 3. The molecule has 0 heterocycles. The van der Waals surface area contributed by atoms with Crippen LogP contribution in [0.2, 0.25) is 0 Å². The van der Waals surface area contributed by atoms with Crippen LogP contribution in [0.1, 0.15) is 18.1 Å². The fraction of sp³-hybridized carbons (Fsp3) is 0.130. The molecule has 0 amide bonds. The molecule has 0 atom stereocenters. The normalized spacial score (nSPS) is 12.0. The molecule has 0 nitrogen and oxygen atoms in total. The van der Waals surface area contributed by atoms with E-state index in [1.54, 1.807) is 6.07 Å². The van der Waals surface area contributed by atoms with Gasteiger partial charge in [0.15, 0.2) is 0 Å². The van der Waals surface area contributed by atoms with E-state index in [1.165, 1.54) is 12.1 Å². The Morgan fingerprint density at radius 1 is 0.724 bits per heavy atom. The van der Waals surface area contributed by atoms with Crippen LogP contribution >= 0.6 is 0 Å². The quantitative estimate of drug-likeness (QED) is 0.392. The summed E-state index contributed by atoms with van der Waals surface area (Å²) in [5, 5.41) is 0. The van der Waals surface area contributed by atoms with Crippen molar-refractivity contribution < 1.29 is 26.3 Å². The largest absolute Gasteiger partial charge is 0.409 e. The van der Waals surface area contributed by atoms with Crippen LogP contribution in [-0.4, -0.2) is 6.18 Å². The second-order valence-corrected chi connectivity index (χ2v) is 6.47. The van der Waals surface area contributed by atoms with Gasteiger partial charge >= 0.3 is 6.18 Å². The summed E-state index contributed by atoms with van der Waals surface area (Å²) < 4.78 is 79.6. The number of benzene rings is 3. The molecule has 3 aromatic carbocycles. The minimum absolute atomic E-state index is 0.0527. The van der Waals surface area contributed by atoms with Gasteiger partial charge in [-0.3, -0.25) is 0 Å². The standard InChI is InChI=1S/C23H16F6/c1-2-14-3-5-15(6-4-14)16-7-8-18(20(24)11-16)17-12-21(25)19(22(26)13-17)9-10-23(27,28)29/h3-13H,2H2,1H3/b10-9+. The van der Waals surface area contributed by atoms with Crippen LogP contribution in [0.5, 0.6) is 0 Å². The monoisotopic (exact) mass is 406 g/mol. The van der Waals surface area contributed by atoms with Crippen LogP contribution in [0, 0.1) is 17.5 Å². The molecule has 0 radical (unpaired) electrons. The molecule has 0 unspecified atom stereocenters. The molecular formula is C23H16F6. The molecule has 29 heavy (non-hydrogen) atoms. The first-order valence-electron chi connectivity index (χ1n) is 8.82. The minimum Gasteiger partial charge on any atom is -0.206 e. The van der Waals surface area contributed by atoms with Gasteiger partial charge < -0.3 is 0 Å². The highest BCUT2D eigenvalue weighted by molar-refractivity contribution is 5.72. The summed E-state index contributed by atoms with van der Waals surface area (Å²) in [7, 11) is 0. The van der Waals surface area contributed by atoms with E-state index >= 15 is 0 Å². The van der Waals surface area contributed by atoms with Gasteiger partial charge in [-0.2, -0.15) is 13.2 Å². The van der Waals surface area contributed by atoms with Gasteiger partial charge in [-0.1, -0.05) is 43.3 Å². The average Bonchev–Trinajstić information content (AvgIpc) is 2.66.